The molecule has 2 aromatic carbocycles. The maximum absolute atomic E-state index is 12.7. The Hall–Kier alpha value is -3.03. The average molecular weight is 406 g/mol. The summed E-state index contributed by atoms with van der Waals surface area (Å²) in [4.78, 5) is 27.3. The molecule has 1 atom stereocenters. The first-order valence-electron chi connectivity index (χ1n) is 9.23. The van der Waals surface area contributed by atoms with Crippen molar-refractivity contribution in [3.8, 4) is 11.1 Å². The summed E-state index contributed by atoms with van der Waals surface area (Å²) in [5, 5.41) is 0. The molecule has 0 aliphatic carbocycles. The zero-order valence-electron chi connectivity index (χ0n) is 15.9. The number of carbonyl (C=O) groups excluding carboxylic acids is 2. The van der Waals surface area contributed by atoms with Gasteiger partial charge in [0.15, 0.2) is 6.10 Å². The zero-order chi connectivity index (χ0) is 21.0. The second kappa shape index (κ2) is 8.55. The SMILES string of the molecule is CC(OC(=O)N1CCN(C(=O)c2ccc(-c3ccccc3)cc2)CC1)C(F)(F)F. The summed E-state index contributed by atoms with van der Waals surface area (Å²) in [5.41, 5.74) is 2.56. The number of carbonyl (C=O) groups is 2. The molecule has 5 nitrogen and oxygen atoms in total. The molecule has 29 heavy (non-hydrogen) atoms. The van der Waals surface area contributed by atoms with E-state index < -0.39 is 18.4 Å². The Labute approximate surface area is 166 Å². The molecule has 1 aliphatic heterocycles. The van der Waals surface area contributed by atoms with E-state index in [-0.39, 0.29) is 32.1 Å². The number of hydrogen-bond acceptors (Lipinski definition) is 3. The summed E-state index contributed by atoms with van der Waals surface area (Å²) in [6.07, 6.45) is -7.79. The first kappa shape index (κ1) is 20.7. The van der Waals surface area contributed by atoms with Crippen molar-refractivity contribution in [3.63, 3.8) is 0 Å². The molecule has 0 radical (unpaired) electrons. The Kier molecular flexibility index (Phi) is 6.10. The minimum absolute atomic E-state index is 0.122. The number of alkyl halides is 3. The highest BCUT2D eigenvalue weighted by Crippen LogP contribution is 2.23. The molecule has 154 valence electrons. The summed E-state index contributed by atoms with van der Waals surface area (Å²) in [6.45, 7) is 1.49. The van der Waals surface area contributed by atoms with Gasteiger partial charge in [0.25, 0.3) is 5.91 Å². The quantitative estimate of drug-likeness (QED) is 0.768. The molecule has 0 bridgehead atoms. The van der Waals surface area contributed by atoms with Crippen molar-refractivity contribution in [3.05, 3.63) is 60.2 Å². The van der Waals surface area contributed by atoms with Crippen molar-refractivity contribution in [1.82, 2.24) is 9.80 Å². The summed E-state index contributed by atoms with van der Waals surface area (Å²) < 4.78 is 42.0. The third-order valence-electron chi connectivity index (χ3n) is 4.80. The van der Waals surface area contributed by atoms with Crippen LogP contribution in [0, 0.1) is 0 Å². The van der Waals surface area contributed by atoms with E-state index in [0.29, 0.717) is 5.56 Å². The van der Waals surface area contributed by atoms with Gasteiger partial charge in [-0.1, -0.05) is 42.5 Å². The number of piperazine rings is 1. The van der Waals surface area contributed by atoms with Crippen molar-refractivity contribution in [2.24, 2.45) is 0 Å². The number of nitrogens with zero attached hydrogens (tertiary/aromatic N) is 2. The van der Waals surface area contributed by atoms with E-state index in [2.05, 4.69) is 4.74 Å². The van der Waals surface area contributed by atoms with Gasteiger partial charge < -0.3 is 14.5 Å². The maximum atomic E-state index is 12.7. The van der Waals surface area contributed by atoms with Gasteiger partial charge in [0.2, 0.25) is 0 Å². The zero-order valence-corrected chi connectivity index (χ0v) is 15.9. The highest BCUT2D eigenvalue weighted by atomic mass is 19.4. The van der Waals surface area contributed by atoms with Crippen LogP contribution in [0.1, 0.15) is 17.3 Å². The number of amides is 2. The second-order valence-electron chi connectivity index (χ2n) is 6.79. The van der Waals surface area contributed by atoms with E-state index in [1.54, 1.807) is 17.0 Å². The molecule has 3 rings (SSSR count). The standard InChI is InChI=1S/C21H21F3N2O3/c1-15(21(22,23)24)29-20(28)26-13-11-25(12-14-26)19(27)18-9-7-17(8-10-18)16-5-3-2-4-6-16/h2-10,15H,11-14H2,1H3. The Bertz CT molecular complexity index is 846. The van der Waals surface area contributed by atoms with Crippen LogP contribution in [0.15, 0.2) is 54.6 Å². The molecule has 8 heteroatoms. The Morgan fingerprint density at radius 1 is 0.862 bits per heavy atom. The normalized spacial score (nSPS) is 15.7. The van der Waals surface area contributed by atoms with Crippen LogP contribution in [-0.2, 0) is 4.74 Å². The fourth-order valence-electron chi connectivity index (χ4n) is 3.00. The lowest BCUT2D eigenvalue weighted by molar-refractivity contribution is -0.199. The molecular weight excluding hydrogens is 385 g/mol. The van der Waals surface area contributed by atoms with Crippen molar-refractivity contribution in [2.45, 2.75) is 19.2 Å². The van der Waals surface area contributed by atoms with Crippen LogP contribution in [0.2, 0.25) is 0 Å². The lowest BCUT2D eigenvalue weighted by atomic mass is 10.0. The summed E-state index contributed by atoms with van der Waals surface area (Å²) in [6, 6.07) is 17.0. The molecule has 2 amide bonds. The summed E-state index contributed by atoms with van der Waals surface area (Å²) >= 11 is 0. The largest absolute Gasteiger partial charge is 0.437 e. The predicted octanol–water partition coefficient (Wildman–Crippen LogP) is 4.20. The van der Waals surface area contributed by atoms with Crippen LogP contribution in [0.25, 0.3) is 11.1 Å². The minimum atomic E-state index is -4.60. The first-order valence-corrected chi connectivity index (χ1v) is 9.23. The summed E-state index contributed by atoms with van der Waals surface area (Å²) in [7, 11) is 0. The molecule has 2 aromatic rings. The molecule has 1 unspecified atom stereocenters. The van der Waals surface area contributed by atoms with Crippen molar-refractivity contribution >= 4 is 12.0 Å². The molecule has 0 saturated carbocycles. The third kappa shape index (κ3) is 5.07. The second-order valence-corrected chi connectivity index (χ2v) is 6.79. The third-order valence-corrected chi connectivity index (χ3v) is 4.80. The molecule has 0 aromatic heterocycles. The lowest BCUT2D eigenvalue weighted by Crippen LogP contribution is -2.51. The molecule has 0 spiro atoms. The van der Waals surface area contributed by atoms with Gasteiger partial charge in [-0.3, -0.25) is 4.79 Å². The predicted molar refractivity (Wildman–Crippen MR) is 101 cm³/mol. The van der Waals surface area contributed by atoms with Gasteiger partial charge in [-0.2, -0.15) is 13.2 Å². The number of benzene rings is 2. The Morgan fingerprint density at radius 2 is 1.38 bits per heavy atom. The van der Waals surface area contributed by atoms with Crippen molar-refractivity contribution < 1.29 is 27.5 Å². The average Bonchev–Trinajstić information content (AvgIpc) is 2.73. The Balaban J connectivity index is 1.55. The smallest absolute Gasteiger partial charge is 0.425 e. The molecule has 1 saturated heterocycles. The minimum Gasteiger partial charge on any atom is -0.437 e. The molecule has 1 fully saturated rings. The van der Waals surface area contributed by atoms with Crippen LogP contribution in [0.3, 0.4) is 0 Å². The van der Waals surface area contributed by atoms with E-state index in [0.717, 1.165) is 18.1 Å². The lowest BCUT2D eigenvalue weighted by Gasteiger charge is -2.34. The molecular formula is C21H21F3N2O3. The van der Waals surface area contributed by atoms with Gasteiger partial charge >= 0.3 is 12.3 Å². The van der Waals surface area contributed by atoms with E-state index in [1.807, 2.05) is 42.5 Å². The number of halogens is 3. The maximum Gasteiger partial charge on any atom is 0.425 e. The van der Waals surface area contributed by atoms with Gasteiger partial charge in [0.1, 0.15) is 0 Å². The van der Waals surface area contributed by atoms with Crippen LogP contribution in [0.4, 0.5) is 18.0 Å². The van der Waals surface area contributed by atoms with E-state index in [1.165, 1.54) is 4.90 Å². The van der Waals surface area contributed by atoms with Gasteiger partial charge in [0, 0.05) is 31.7 Å². The van der Waals surface area contributed by atoms with Gasteiger partial charge in [-0.25, -0.2) is 4.79 Å². The van der Waals surface area contributed by atoms with Gasteiger partial charge in [-0.15, -0.1) is 0 Å². The molecule has 0 N–H and O–H groups in total. The number of rotatable bonds is 3. The van der Waals surface area contributed by atoms with Gasteiger partial charge in [-0.05, 0) is 30.2 Å². The van der Waals surface area contributed by atoms with Crippen LogP contribution in [-0.4, -0.2) is 60.3 Å². The van der Waals surface area contributed by atoms with Crippen LogP contribution in [0.5, 0.6) is 0 Å². The fraction of sp³-hybridized carbons (Fsp3) is 0.333. The fourth-order valence-corrected chi connectivity index (χ4v) is 3.00. The van der Waals surface area contributed by atoms with Crippen molar-refractivity contribution in [2.75, 3.05) is 26.2 Å². The van der Waals surface area contributed by atoms with Crippen LogP contribution >= 0.6 is 0 Å². The van der Waals surface area contributed by atoms with Crippen LogP contribution < -0.4 is 0 Å². The Morgan fingerprint density at radius 3 is 1.93 bits per heavy atom. The van der Waals surface area contributed by atoms with E-state index >= 15 is 0 Å². The first-order chi connectivity index (χ1) is 13.8. The van der Waals surface area contributed by atoms with Crippen molar-refractivity contribution in [1.29, 1.82) is 0 Å². The van der Waals surface area contributed by atoms with E-state index in [4.69, 9.17) is 0 Å². The highest BCUT2D eigenvalue weighted by molar-refractivity contribution is 5.95. The topological polar surface area (TPSA) is 49.9 Å². The highest BCUT2D eigenvalue weighted by Gasteiger charge is 2.40. The van der Waals surface area contributed by atoms with Gasteiger partial charge in [0.05, 0.1) is 0 Å². The summed E-state index contributed by atoms with van der Waals surface area (Å²) in [5.74, 6) is -0.179. The molecule has 1 heterocycles. The molecule has 1 aliphatic rings. The number of ether oxygens (including phenoxy) is 1. The van der Waals surface area contributed by atoms with E-state index in [9.17, 15) is 22.8 Å². The monoisotopic (exact) mass is 406 g/mol. The number of hydrogen-bond donors (Lipinski definition) is 0.